The Balaban J connectivity index is 2.00. The summed E-state index contributed by atoms with van der Waals surface area (Å²) < 4.78 is 5.52. The van der Waals surface area contributed by atoms with Crippen molar-refractivity contribution in [1.29, 1.82) is 0 Å². The molecule has 0 aromatic heterocycles. The van der Waals surface area contributed by atoms with Crippen molar-refractivity contribution in [3.8, 4) is 0 Å². The molecule has 0 radical (unpaired) electrons. The molecule has 0 N–H and O–H groups in total. The van der Waals surface area contributed by atoms with Crippen LogP contribution < -0.4 is 0 Å². The molecule has 1 amide bonds. The first-order valence-corrected chi connectivity index (χ1v) is 4.69. The van der Waals surface area contributed by atoms with Crippen LogP contribution in [0.1, 0.15) is 13.8 Å². The van der Waals surface area contributed by atoms with Gasteiger partial charge in [-0.3, -0.25) is 9.69 Å². The molecule has 13 heavy (non-hydrogen) atoms. The van der Waals surface area contributed by atoms with Crippen LogP contribution in [0.5, 0.6) is 0 Å². The monoisotopic (exact) mass is 184 g/mol. The van der Waals surface area contributed by atoms with Crippen molar-refractivity contribution in [2.24, 2.45) is 0 Å². The van der Waals surface area contributed by atoms with Gasteiger partial charge in [0.05, 0.1) is 0 Å². The van der Waals surface area contributed by atoms with Gasteiger partial charge < -0.3 is 9.64 Å². The highest BCUT2D eigenvalue weighted by atomic mass is 16.5. The van der Waals surface area contributed by atoms with Gasteiger partial charge in [-0.1, -0.05) is 0 Å². The number of amides is 1. The molecule has 2 aliphatic heterocycles. The van der Waals surface area contributed by atoms with Crippen molar-refractivity contribution in [1.82, 2.24) is 9.80 Å². The number of hydrogen-bond donors (Lipinski definition) is 0. The molecule has 4 heteroatoms. The van der Waals surface area contributed by atoms with Crippen LogP contribution in [0.2, 0.25) is 0 Å². The molecule has 0 saturated carbocycles. The molecule has 2 heterocycles. The quantitative estimate of drug-likeness (QED) is 0.570. The number of rotatable bonds is 1. The molecule has 0 atom stereocenters. The standard InChI is InChI=1S/C9H16N2O2/c1-7(2)11-4-9(5-11)8(12)10(3)6-13-9/h7H,4-6H2,1-3H3. The van der Waals surface area contributed by atoms with Crippen LogP contribution in [0.3, 0.4) is 0 Å². The Labute approximate surface area is 78.4 Å². The summed E-state index contributed by atoms with van der Waals surface area (Å²) in [4.78, 5) is 15.5. The second kappa shape index (κ2) is 2.69. The molecule has 1 spiro atoms. The van der Waals surface area contributed by atoms with Crippen LogP contribution in [0.15, 0.2) is 0 Å². The first-order chi connectivity index (χ1) is 6.05. The molecule has 2 aliphatic rings. The topological polar surface area (TPSA) is 32.8 Å². The third-order valence-electron chi connectivity index (χ3n) is 2.92. The van der Waals surface area contributed by atoms with Crippen LogP contribution >= 0.6 is 0 Å². The highest BCUT2D eigenvalue weighted by Gasteiger charge is 2.55. The number of nitrogens with zero attached hydrogens (tertiary/aromatic N) is 2. The lowest BCUT2D eigenvalue weighted by atomic mass is 9.92. The Morgan fingerprint density at radius 1 is 1.46 bits per heavy atom. The first-order valence-electron chi connectivity index (χ1n) is 4.69. The maximum atomic E-state index is 11.7. The normalized spacial score (nSPS) is 27.4. The zero-order valence-corrected chi connectivity index (χ0v) is 8.41. The maximum Gasteiger partial charge on any atom is 0.259 e. The van der Waals surface area contributed by atoms with E-state index >= 15 is 0 Å². The van der Waals surface area contributed by atoms with Gasteiger partial charge in [0.1, 0.15) is 6.73 Å². The van der Waals surface area contributed by atoms with Crippen LogP contribution in [0, 0.1) is 0 Å². The second-order valence-electron chi connectivity index (χ2n) is 4.27. The molecule has 2 rings (SSSR count). The number of carbonyl (C=O) groups is 1. The fourth-order valence-corrected chi connectivity index (χ4v) is 1.89. The molecule has 0 unspecified atom stereocenters. The van der Waals surface area contributed by atoms with Gasteiger partial charge in [-0.15, -0.1) is 0 Å². The van der Waals surface area contributed by atoms with Gasteiger partial charge in [-0.05, 0) is 13.8 Å². The predicted molar refractivity (Wildman–Crippen MR) is 48.2 cm³/mol. The summed E-state index contributed by atoms with van der Waals surface area (Å²) in [5.74, 6) is 0.143. The average molecular weight is 184 g/mol. The van der Waals surface area contributed by atoms with Crippen LogP contribution in [0.25, 0.3) is 0 Å². The Morgan fingerprint density at radius 3 is 2.46 bits per heavy atom. The van der Waals surface area contributed by atoms with Crippen molar-refractivity contribution in [2.75, 3.05) is 26.9 Å². The SMILES string of the molecule is CC(C)N1CC2(C1)OCN(C)C2=O. The lowest BCUT2D eigenvalue weighted by Gasteiger charge is -2.47. The molecular weight excluding hydrogens is 168 g/mol. The first kappa shape index (κ1) is 8.97. The zero-order chi connectivity index (χ0) is 9.64. The van der Waals surface area contributed by atoms with E-state index in [-0.39, 0.29) is 5.91 Å². The lowest BCUT2D eigenvalue weighted by molar-refractivity contribution is -0.157. The number of likely N-dealkylation sites (N-methyl/N-ethyl adjacent to an activating group) is 1. The molecule has 2 fully saturated rings. The van der Waals surface area contributed by atoms with E-state index in [2.05, 4.69) is 18.7 Å². The summed E-state index contributed by atoms with van der Waals surface area (Å²) in [6.45, 7) is 6.23. The molecule has 0 aliphatic carbocycles. The summed E-state index contributed by atoms with van der Waals surface area (Å²) >= 11 is 0. The second-order valence-corrected chi connectivity index (χ2v) is 4.27. The summed E-state index contributed by atoms with van der Waals surface area (Å²) in [5, 5.41) is 0. The van der Waals surface area contributed by atoms with Gasteiger partial charge in [0.15, 0.2) is 5.60 Å². The average Bonchev–Trinajstić information content (AvgIpc) is 2.26. The van der Waals surface area contributed by atoms with E-state index in [0.29, 0.717) is 12.8 Å². The molecule has 2 saturated heterocycles. The largest absolute Gasteiger partial charge is 0.342 e. The molecule has 0 aromatic carbocycles. The number of likely N-dealkylation sites (tertiary alicyclic amines) is 1. The van der Waals surface area contributed by atoms with Crippen molar-refractivity contribution < 1.29 is 9.53 Å². The fourth-order valence-electron chi connectivity index (χ4n) is 1.89. The zero-order valence-electron chi connectivity index (χ0n) is 8.41. The summed E-state index contributed by atoms with van der Waals surface area (Å²) in [6.07, 6.45) is 0. The lowest BCUT2D eigenvalue weighted by Crippen LogP contribution is -2.67. The van der Waals surface area contributed by atoms with Gasteiger partial charge in [-0.25, -0.2) is 0 Å². The van der Waals surface area contributed by atoms with Gasteiger partial charge in [-0.2, -0.15) is 0 Å². The van der Waals surface area contributed by atoms with E-state index in [9.17, 15) is 4.79 Å². The molecule has 4 nitrogen and oxygen atoms in total. The Hall–Kier alpha value is -0.610. The van der Waals surface area contributed by atoms with E-state index in [1.54, 1.807) is 11.9 Å². The van der Waals surface area contributed by atoms with Gasteiger partial charge >= 0.3 is 0 Å². The molecule has 0 aromatic rings. The van der Waals surface area contributed by atoms with Gasteiger partial charge in [0.2, 0.25) is 0 Å². The maximum absolute atomic E-state index is 11.7. The minimum absolute atomic E-state index is 0.143. The van der Waals surface area contributed by atoms with E-state index < -0.39 is 5.60 Å². The van der Waals surface area contributed by atoms with Crippen molar-refractivity contribution in [3.05, 3.63) is 0 Å². The van der Waals surface area contributed by atoms with Gasteiger partial charge in [0.25, 0.3) is 5.91 Å². The third-order valence-corrected chi connectivity index (χ3v) is 2.92. The van der Waals surface area contributed by atoms with E-state index in [1.165, 1.54) is 0 Å². The van der Waals surface area contributed by atoms with Crippen LogP contribution in [-0.4, -0.2) is 54.2 Å². The Kier molecular flexibility index (Phi) is 1.85. The van der Waals surface area contributed by atoms with Crippen molar-refractivity contribution >= 4 is 5.91 Å². The van der Waals surface area contributed by atoms with Crippen LogP contribution in [0.4, 0.5) is 0 Å². The van der Waals surface area contributed by atoms with E-state index in [1.807, 2.05) is 0 Å². The fraction of sp³-hybridized carbons (Fsp3) is 0.889. The summed E-state index contributed by atoms with van der Waals surface area (Å²) in [6, 6.07) is 0.507. The number of carbonyl (C=O) groups excluding carboxylic acids is 1. The summed E-state index contributed by atoms with van der Waals surface area (Å²) in [7, 11) is 1.79. The Bertz CT molecular complexity index is 234. The van der Waals surface area contributed by atoms with Crippen molar-refractivity contribution in [3.63, 3.8) is 0 Å². The van der Waals surface area contributed by atoms with Crippen molar-refractivity contribution in [2.45, 2.75) is 25.5 Å². The number of ether oxygens (including phenoxy) is 1. The molecule has 0 bridgehead atoms. The minimum Gasteiger partial charge on any atom is -0.342 e. The van der Waals surface area contributed by atoms with E-state index in [0.717, 1.165) is 13.1 Å². The minimum atomic E-state index is -0.487. The predicted octanol–water partition coefficient (Wildman–Crippen LogP) is -0.105. The summed E-state index contributed by atoms with van der Waals surface area (Å²) in [5.41, 5.74) is -0.487. The number of hydrogen-bond acceptors (Lipinski definition) is 3. The highest BCUT2D eigenvalue weighted by Crippen LogP contribution is 2.32. The highest BCUT2D eigenvalue weighted by molar-refractivity contribution is 5.88. The molecule has 74 valence electrons. The van der Waals surface area contributed by atoms with Gasteiger partial charge in [0, 0.05) is 26.2 Å². The smallest absolute Gasteiger partial charge is 0.259 e. The third kappa shape index (κ3) is 1.16. The molecular formula is C9H16N2O2. The Morgan fingerprint density at radius 2 is 2.08 bits per heavy atom. The van der Waals surface area contributed by atoms with E-state index in [4.69, 9.17) is 4.74 Å². The van der Waals surface area contributed by atoms with Crippen LogP contribution in [-0.2, 0) is 9.53 Å².